The summed E-state index contributed by atoms with van der Waals surface area (Å²) in [5.74, 6) is 1.08. The smallest absolute Gasteiger partial charge is 0.264 e. The number of aromatic nitrogens is 3. The van der Waals surface area contributed by atoms with Gasteiger partial charge in [-0.1, -0.05) is 35.9 Å². The number of carbonyl (C=O) groups is 2. The molecule has 5 rings (SSSR count). The van der Waals surface area contributed by atoms with E-state index in [1.54, 1.807) is 36.2 Å². The van der Waals surface area contributed by atoms with Crippen molar-refractivity contribution in [2.45, 2.75) is 25.8 Å². The fourth-order valence-corrected chi connectivity index (χ4v) is 4.90. The van der Waals surface area contributed by atoms with Crippen molar-refractivity contribution in [1.29, 1.82) is 5.26 Å². The number of aromatic amines is 1. The Labute approximate surface area is 230 Å². The molecule has 9 nitrogen and oxygen atoms in total. The SMILES string of the molecule is C/C=C(\C#N)C(=O)N1CCCC(Nc2ncnc3[nH]cc(C(=O)c4ccc(Oc5ccccc5)cc4Cl)c23)C1. The molecule has 0 saturated carbocycles. The van der Waals surface area contributed by atoms with E-state index < -0.39 is 0 Å². The molecule has 2 aromatic carbocycles. The van der Waals surface area contributed by atoms with Gasteiger partial charge in [0.1, 0.15) is 40.9 Å². The number of hydrogen-bond donors (Lipinski definition) is 2. The zero-order valence-electron chi connectivity index (χ0n) is 21.1. The van der Waals surface area contributed by atoms with E-state index in [9.17, 15) is 14.9 Å². The Kier molecular flexibility index (Phi) is 7.57. The van der Waals surface area contributed by atoms with Crippen LogP contribution in [0.2, 0.25) is 5.02 Å². The van der Waals surface area contributed by atoms with Crippen LogP contribution in [0.1, 0.15) is 35.7 Å². The van der Waals surface area contributed by atoms with E-state index >= 15 is 0 Å². The van der Waals surface area contributed by atoms with E-state index in [2.05, 4.69) is 20.3 Å². The molecule has 1 aliphatic rings. The second-order valence-electron chi connectivity index (χ2n) is 9.08. The standard InChI is InChI=1S/C29H25ClN6O3/c1-2-18(14-31)29(38)36-12-6-7-19(16-36)35-28-25-23(15-32-27(25)33-17-34-28)26(37)22-11-10-21(13-24(22)30)39-20-8-4-3-5-9-20/h2-5,8-11,13,15,17,19H,6-7,12,16H2,1H3,(H2,32,33,34,35)/b18-2+. The summed E-state index contributed by atoms with van der Waals surface area (Å²) < 4.78 is 5.83. The number of hydrogen-bond acceptors (Lipinski definition) is 7. The lowest BCUT2D eigenvalue weighted by molar-refractivity contribution is -0.127. The molecule has 0 aliphatic carbocycles. The Morgan fingerprint density at radius 1 is 1.18 bits per heavy atom. The van der Waals surface area contributed by atoms with Gasteiger partial charge >= 0.3 is 0 Å². The Hall–Kier alpha value is -4.68. The minimum atomic E-state index is -0.289. The molecule has 0 radical (unpaired) electrons. The number of fused-ring (bicyclic) bond motifs is 1. The lowest BCUT2D eigenvalue weighted by atomic mass is 10.0. The third-order valence-corrected chi connectivity index (χ3v) is 6.88. The molecule has 0 spiro atoms. The molecule has 1 unspecified atom stereocenters. The van der Waals surface area contributed by atoms with Crippen LogP contribution in [0.15, 0.2) is 72.7 Å². The number of amides is 1. The van der Waals surface area contributed by atoms with Crippen molar-refractivity contribution in [2.24, 2.45) is 0 Å². The van der Waals surface area contributed by atoms with Crippen molar-refractivity contribution in [3.8, 4) is 17.6 Å². The summed E-state index contributed by atoms with van der Waals surface area (Å²) in [5, 5.41) is 13.4. The molecule has 1 saturated heterocycles. The van der Waals surface area contributed by atoms with Crippen LogP contribution in [-0.2, 0) is 4.79 Å². The summed E-state index contributed by atoms with van der Waals surface area (Å²) >= 11 is 6.53. The number of nitrogens with one attached hydrogen (secondary N) is 2. The van der Waals surface area contributed by atoms with Crippen LogP contribution in [-0.4, -0.2) is 50.7 Å². The molecule has 2 N–H and O–H groups in total. The van der Waals surface area contributed by atoms with Gasteiger partial charge in [-0.05, 0) is 44.0 Å². The van der Waals surface area contributed by atoms with E-state index in [1.165, 1.54) is 12.4 Å². The van der Waals surface area contributed by atoms with E-state index in [4.69, 9.17) is 16.3 Å². The van der Waals surface area contributed by atoms with Crippen LogP contribution < -0.4 is 10.1 Å². The topological polar surface area (TPSA) is 124 Å². The van der Waals surface area contributed by atoms with Crippen LogP contribution in [0, 0.1) is 11.3 Å². The number of anilines is 1. The van der Waals surface area contributed by atoms with Gasteiger partial charge in [0.15, 0.2) is 5.78 Å². The molecule has 39 heavy (non-hydrogen) atoms. The van der Waals surface area contributed by atoms with E-state index in [0.29, 0.717) is 52.6 Å². The first-order valence-electron chi connectivity index (χ1n) is 12.5. The summed E-state index contributed by atoms with van der Waals surface area (Å²) in [5.41, 5.74) is 1.31. The number of allylic oxidation sites excluding steroid dienone is 1. The number of ether oxygens (including phenoxy) is 1. The fourth-order valence-electron chi connectivity index (χ4n) is 4.64. The van der Waals surface area contributed by atoms with Gasteiger partial charge in [-0.15, -0.1) is 0 Å². The van der Waals surface area contributed by atoms with Crippen molar-refractivity contribution in [3.05, 3.63) is 88.9 Å². The average molecular weight is 541 g/mol. The van der Waals surface area contributed by atoms with Crippen molar-refractivity contribution in [3.63, 3.8) is 0 Å². The molecule has 1 amide bonds. The van der Waals surface area contributed by atoms with Gasteiger partial charge in [-0.3, -0.25) is 9.59 Å². The minimum absolute atomic E-state index is 0.117. The quantitative estimate of drug-likeness (QED) is 0.180. The highest BCUT2D eigenvalue weighted by Crippen LogP contribution is 2.32. The van der Waals surface area contributed by atoms with Crippen molar-refractivity contribution < 1.29 is 14.3 Å². The van der Waals surface area contributed by atoms with Gasteiger partial charge in [-0.2, -0.15) is 5.26 Å². The lowest BCUT2D eigenvalue weighted by Gasteiger charge is -2.33. The molecule has 3 heterocycles. The fraction of sp³-hybridized carbons (Fsp3) is 0.207. The second kappa shape index (κ2) is 11.4. The third-order valence-electron chi connectivity index (χ3n) is 6.57. The third kappa shape index (κ3) is 5.47. The van der Waals surface area contributed by atoms with Crippen LogP contribution >= 0.6 is 11.6 Å². The number of likely N-dealkylation sites (tertiary alicyclic amines) is 1. The van der Waals surface area contributed by atoms with Crippen LogP contribution in [0.5, 0.6) is 11.5 Å². The molecule has 0 bridgehead atoms. The Morgan fingerprint density at radius 3 is 2.74 bits per heavy atom. The second-order valence-corrected chi connectivity index (χ2v) is 9.49. The monoisotopic (exact) mass is 540 g/mol. The molecular weight excluding hydrogens is 516 g/mol. The highest BCUT2D eigenvalue weighted by molar-refractivity contribution is 6.35. The maximum atomic E-state index is 13.6. The first kappa shape index (κ1) is 25.9. The molecule has 2 aromatic heterocycles. The molecule has 196 valence electrons. The van der Waals surface area contributed by atoms with Gasteiger partial charge in [-0.25, -0.2) is 9.97 Å². The van der Waals surface area contributed by atoms with Crippen LogP contribution in [0.25, 0.3) is 11.0 Å². The average Bonchev–Trinajstić information content (AvgIpc) is 3.39. The predicted molar refractivity (Wildman–Crippen MR) is 148 cm³/mol. The number of nitrogens with zero attached hydrogens (tertiary/aromatic N) is 4. The lowest BCUT2D eigenvalue weighted by Crippen LogP contribution is -2.45. The molecule has 1 fully saturated rings. The molecular formula is C29H25ClN6O3. The first-order valence-corrected chi connectivity index (χ1v) is 12.9. The number of rotatable bonds is 7. The maximum Gasteiger partial charge on any atom is 0.264 e. The van der Waals surface area contributed by atoms with Crippen LogP contribution in [0.4, 0.5) is 5.82 Å². The molecule has 1 aliphatic heterocycles. The van der Waals surface area contributed by atoms with E-state index in [-0.39, 0.29) is 28.3 Å². The Morgan fingerprint density at radius 2 is 2.00 bits per heavy atom. The summed E-state index contributed by atoms with van der Waals surface area (Å²) in [6.07, 6.45) is 6.11. The van der Waals surface area contributed by atoms with E-state index in [0.717, 1.165) is 12.8 Å². The molecule has 4 aromatic rings. The zero-order valence-corrected chi connectivity index (χ0v) is 21.9. The van der Waals surface area contributed by atoms with Gasteiger partial charge < -0.3 is 19.9 Å². The van der Waals surface area contributed by atoms with Crippen LogP contribution in [0.3, 0.4) is 0 Å². The highest BCUT2D eigenvalue weighted by atomic mass is 35.5. The summed E-state index contributed by atoms with van der Waals surface area (Å²) in [4.78, 5) is 39.7. The normalized spacial score (nSPS) is 15.6. The van der Waals surface area contributed by atoms with Crippen molar-refractivity contribution >= 4 is 40.1 Å². The number of piperidine rings is 1. The van der Waals surface area contributed by atoms with E-state index in [1.807, 2.05) is 36.4 Å². The largest absolute Gasteiger partial charge is 0.457 e. The number of benzene rings is 2. The van der Waals surface area contributed by atoms with Gasteiger partial charge in [0.05, 0.1) is 16.0 Å². The predicted octanol–water partition coefficient (Wildman–Crippen LogP) is 5.51. The number of carbonyl (C=O) groups excluding carboxylic acids is 2. The number of halogens is 1. The number of nitriles is 1. The maximum absolute atomic E-state index is 13.6. The van der Waals surface area contributed by atoms with Gasteiger partial charge in [0, 0.05) is 37.0 Å². The molecule has 1 atom stereocenters. The number of para-hydroxylation sites is 1. The first-order chi connectivity index (χ1) is 19.0. The van der Waals surface area contributed by atoms with Gasteiger partial charge in [0.25, 0.3) is 5.91 Å². The van der Waals surface area contributed by atoms with Gasteiger partial charge in [0.2, 0.25) is 0 Å². The number of ketones is 1. The minimum Gasteiger partial charge on any atom is -0.457 e. The summed E-state index contributed by atoms with van der Waals surface area (Å²) in [6.45, 7) is 2.66. The Balaban J connectivity index is 1.39. The summed E-state index contributed by atoms with van der Waals surface area (Å²) in [7, 11) is 0. The van der Waals surface area contributed by atoms with Crippen molar-refractivity contribution in [2.75, 3.05) is 18.4 Å². The Bertz CT molecular complexity index is 1610. The molecule has 10 heteroatoms. The number of H-pyrrole nitrogens is 1. The van der Waals surface area contributed by atoms with Crippen molar-refractivity contribution in [1.82, 2.24) is 19.9 Å². The highest BCUT2D eigenvalue weighted by Gasteiger charge is 2.27. The summed E-state index contributed by atoms with van der Waals surface area (Å²) in [6, 6.07) is 16.1. The zero-order chi connectivity index (χ0) is 27.4.